The maximum absolute atomic E-state index is 11.9. The van der Waals surface area contributed by atoms with Crippen LogP contribution in [0.5, 0.6) is 0 Å². The Balaban J connectivity index is 1.95. The number of nitrogens with zero attached hydrogens (tertiary/aromatic N) is 3. The summed E-state index contributed by atoms with van der Waals surface area (Å²) < 4.78 is 5.05. The number of hydrogen-bond acceptors (Lipinski definition) is 5. The van der Waals surface area contributed by atoms with Crippen molar-refractivity contribution in [3.05, 3.63) is 47.1 Å². The molecule has 2 aromatic rings. The molecule has 0 aliphatic heterocycles. The molecular formula is C14H14N4O2. The molecule has 1 aromatic heterocycles. The number of carbonyl (C=O) groups is 1. The zero-order chi connectivity index (χ0) is 14.5. The average molecular weight is 270 g/mol. The summed E-state index contributed by atoms with van der Waals surface area (Å²) in [5, 5.41) is 15.2. The largest absolute Gasteiger partial charge is 0.345 e. The highest BCUT2D eigenvalue weighted by Crippen LogP contribution is 2.10. The summed E-state index contributed by atoms with van der Waals surface area (Å²) in [4.78, 5) is 16.0. The van der Waals surface area contributed by atoms with Crippen LogP contribution in [0.3, 0.4) is 0 Å². The van der Waals surface area contributed by atoms with Gasteiger partial charge >= 0.3 is 0 Å². The number of carbonyl (C=O) groups excluding carboxylic acids is 1. The molecule has 1 amide bonds. The Bertz CT molecular complexity index is 638. The van der Waals surface area contributed by atoms with Crippen molar-refractivity contribution >= 4 is 5.91 Å². The van der Waals surface area contributed by atoms with Gasteiger partial charge in [-0.05, 0) is 24.3 Å². The van der Waals surface area contributed by atoms with Crippen molar-refractivity contribution in [1.29, 1.82) is 5.26 Å². The molecule has 0 aliphatic rings. The number of nitriles is 1. The van der Waals surface area contributed by atoms with Gasteiger partial charge < -0.3 is 9.84 Å². The maximum Gasteiger partial charge on any atom is 0.251 e. The number of benzene rings is 1. The van der Waals surface area contributed by atoms with E-state index in [1.165, 1.54) is 0 Å². The second kappa shape index (κ2) is 5.97. The van der Waals surface area contributed by atoms with Gasteiger partial charge in [-0.25, -0.2) is 0 Å². The molecule has 1 heterocycles. The molecule has 0 unspecified atom stereocenters. The Hall–Kier alpha value is -2.68. The maximum atomic E-state index is 11.9. The van der Waals surface area contributed by atoms with Gasteiger partial charge in [0.1, 0.15) is 0 Å². The first kappa shape index (κ1) is 13.7. The van der Waals surface area contributed by atoms with Crippen molar-refractivity contribution in [2.75, 3.05) is 0 Å². The third-order valence-corrected chi connectivity index (χ3v) is 2.66. The van der Waals surface area contributed by atoms with Gasteiger partial charge in [-0.2, -0.15) is 10.2 Å². The Labute approximate surface area is 116 Å². The van der Waals surface area contributed by atoms with E-state index in [2.05, 4.69) is 15.5 Å². The fourth-order valence-electron chi connectivity index (χ4n) is 1.53. The topological polar surface area (TPSA) is 91.8 Å². The minimum Gasteiger partial charge on any atom is -0.345 e. The Morgan fingerprint density at radius 2 is 2.10 bits per heavy atom. The van der Waals surface area contributed by atoms with Gasteiger partial charge in [-0.3, -0.25) is 4.79 Å². The third-order valence-electron chi connectivity index (χ3n) is 2.66. The Morgan fingerprint density at radius 1 is 1.40 bits per heavy atom. The van der Waals surface area contributed by atoms with E-state index in [4.69, 9.17) is 9.78 Å². The molecule has 2 rings (SSSR count). The van der Waals surface area contributed by atoms with E-state index < -0.39 is 0 Å². The summed E-state index contributed by atoms with van der Waals surface area (Å²) >= 11 is 0. The molecule has 6 heteroatoms. The van der Waals surface area contributed by atoms with Crippen LogP contribution >= 0.6 is 0 Å². The Kier molecular flexibility index (Phi) is 4.11. The van der Waals surface area contributed by atoms with E-state index in [1.807, 2.05) is 19.9 Å². The zero-order valence-corrected chi connectivity index (χ0v) is 11.3. The number of aromatic nitrogens is 2. The molecule has 102 valence electrons. The summed E-state index contributed by atoms with van der Waals surface area (Å²) in [6, 6.07) is 8.40. The van der Waals surface area contributed by atoms with Crippen LogP contribution in [-0.4, -0.2) is 16.0 Å². The third kappa shape index (κ3) is 3.20. The minimum absolute atomic E-state index is 0.158. The van der Waals surface area contributed by atoms with Crippen LogP contribution in [-0.2, 0) is 6.54 Å². The highest BCUT2D eigenvalue weighted by atomic mass is 16.5. The fraction of sp³-hybridized carbons (Fsp3) is 0.286. The van der Waals surface area contributed by atoms with Crippen LogP contribution in [0, 0.1) is 11.3 Å². The van der Waals surface area contributed by atoms with Gasteiger partial charge in [-0.1, -0.05) is 19.0 Å². The van der Waals surface area contributed by atoms with Gasteiger partial charge in [0.25, 0.3) is 5.91 Å². The molecule has 0 aliphatic carbocycles. The van der Waals surface area contributed by atoms with Gasteiger partial charge in [-0.15, -0.1) is 0 Å². The minimum atomic E-state index is -0.245. The van der Waals surface area contributed by atoms with Crippen LogP contribution < -0.4 is 5.32 Å². The first-order chi connectivity index (χ1) is 9.60. The van der Waals surface area contributed by atoms with Crippen LogP contribution in [0.2, 0.25) is 0 Å². The number of nitrogens with one attached hydrogen (secondary N) is 1. The number of amides is 1. The normalized spacial score (nSPS) is 10.3. The number of rotatable bonds is 4. The first-order valence-corrected chi connectivity index (χ1v) is 6.21. The van der Waals surface area contributed by atoms with Crippen LogP contribution in [0.25, 0.3) is 0 Å². The van der Waals surface area contributed by atoms with E-state index in [-0.39, 0.29) is 18.4 Å². The number of hydrogen-bond donors (Lipinski definition) is 1. The molecule has 0 saturated heterocycles. The average Bonchev–Trinajstić information content (AvgIpc) is 2.94. The molecule has 1 N–H and O–H groups in total. The zero-order valence-electron chi connectivity index (χ0n) is 11.3. The quantitative estimate of drug-likeness (QED) is 0.917. The summed E-state index contributed by atoms with van der Waals surface area (Å²) in [7, 11) is 0. The predicted molar refractivity (Wildman–Crippen MR) is 70.7 cm³/mol. The van der Waals surface area contributed by atoms with E-state index in [0.717, 1.165) is 0 Å². The summed E-state index contributed by atoms with van der Waals surface area (Å²) in [5.41, 5.74) is 0.998. The van der Waals surface area contributed by atoms with Crippen molar-refractivity contribution in [3.8, 4) is 6.07 Å². The Morgan fingerprint density at radius 3 is 2.65 bits per heavy atom. The molecule has 0 fully saturated rings. The highest BCUT2D eigenvalue weighted by molar-refractivity contribution is 5.94. The standard InChI is InChI=1S/C14H14N4O2/c1-9(2)14-17-12(18-20-14)8-16-13(19)11-5-3-10(7-15)4-6-11/h3-6,9H,8H2,1-2H3,(H,16,19). The van der Waals surface area contributed by atoms with Gasteiger partial charge in [0.05, 0.1) is 18.2 Å². The van der Waals surface area contributed by atoms with Crippen molar-refractivity contribution < 1.29 is 9.32 Å². The van der Waals surface area contributed by atoms with Crippen molar-refractivity contribution in [1.82, 2.24) is 15.5 Å². The summed E-state index contributed by atoms with van der Waals surface area (Å²) in [5.74, 6) is 0.902. The van der Waals surface area contributed by atoms with Gasteiger partial charge in [0.2, 0.25) is 5.89 Å². The smallest absolute Gasteiger partial charge is 0.251 e. The van der Waals surface area contributed by atoms with Crippen molar-refractivity contribution in [3.63, 3.8) is 0 Å². The van der Waals surface area contributed by atoms with Gasteiger partial charge in [0, 0.05) is 11.5 Å². The van der Waals surface area contributed by atoms with E-state index in [1.54, 1.807) is 24.3 Å². The van der Waals surface area contributed by atoms with E-state index in [9.17, 15) is 4.79 Å². The summed E-state index contributed by atoms with van der Waals surface area (Å²) in [6.07, 6.45) is 0. The SMILES string of the molecule is CC(C)c1nc(CNC(=O)c2ccc(C#N)cc2)no1. The lowest BCUT2D eigenvalue weighted by atomic mass is 10.1. The molecular weight excluding hydrogens is 256 g/mol. The second-order valence-corrected chi connectivity index (χ2v) is 4.58. The highest BCUT2D eigenvalue weighted by Gasteiger charge is 2.11. The molecule has 0 bridgehead atoms. The van der Waals surface area contributed by atoms with Crippen molar-refractivity contribution in [2.45, 2.75) is 26.3 Å². The summed E-state index contributed by atoms with van der Waals surface area (Å²) in [6.45, 7) is 4.11. The lowest BCUT2D eigenvalue weighted by Crippen LogP contribution is -2.23. The molecule has 0 radical (unpaired) electrons. The first-order valence-electron chi connectivity index (χ1n) is 6.21. The van der Waals surface area contributed by atoms with Crippen LogP contribution in [0.4, 0.5) is 0 Å². The predicted octanol–water partition coefficient (Wildman–Crippen LogP) is 1.99. The molecule has 1 aromatic carbocycles. The molecule has 6 nitrogen and oxygen atoms in total. The van der Waals surface area contributed by atoms with Crippen molar-refractivity contribution in [2.24, 2.45) is 0 Å². The molecule has 0 atom stereocenters. The fourth-order valence-corrected chi connectivity index (χ4v) is 1.53. The second-order valence-electron chi connectivity index (χ2n) is 4.58. The van der Waals surface area contributed by atoms with Gasteiger partial charge in [0.15, 0.2) is 5.82 Å². The molecule has 0 spiro atoms. The lowest BCUT2D eigenvalue weighted by Gasteiger charge is -2.02. The van der Waals surface area contributed by atoms with E-state index in [0.29, 0.717) is 22.8 Å². The van der Waals surface area contributed by atoms with Crippen LogP contribution in [0.15, 0.2) is 28.8 Å². The van der Waals surface area contributed by atoms with E-state index >= 15 is 0 Å². The lowest BCUT2D eigenvalue weighted by molar-refractivity contribution is 0.0949. The molecule has 0 saturated carbocycles. The van der Waals surface area contributed by atoms with Crippen LogP contribution in [0.1, 0.15) is 47.4 Å². The molecule has 20 heavy (non-hydrogen) atoms. The monoisotopic (exact) mass is 270 g/mol.